The molecule has 0 spiro atoms. The molecule has 0 fully saturated rings. The van der Waals surface area contributed by atoms with Crippen molar-refractivity contribution in [1.29, 1.82) is 0 Å². The summed E-state index contributed by atoms with van der Waals surface area (Å²) in [6, 6.07) is 19.4. The minimum Gasteiger partial charge on any atom is -0.268 e. The number of halogens is 2. The summed E-state index contributed by atoms with van der Waals surface area (Å²) in [4.78, 5) is 30.1. The summed E-state index contributed by atoms with van der Waals surface area (Å²) < 4.78 is 14.4. The summed E-state index contributed by atoms with van der Waals surface area (Å²) in [5.41, 5.74) is 3.72. The van der Waals surface area contributed by atoms with Gasteiger partial charge in [0.05, 0.1) is 10.9 Å². The van der Waals surface area contributed by atoms with Crippen LogP contribution in [0, 0.1) is 5.82 Å². The Morgan fingerprint density at radius 1 is 1.00 bits per heavy atom. The number of nitrogens with zero attached hydrogens (tertiary/aromatic N) is 2. The maximum atomic E-state index is 13.4. The Morgan fingerprint density at radius 2 is 1.70 bits per heavy atom. The van der Waals surface area contributed by atoms with Crippen molar-refractivity contribution in [3.05, 3.63) is 106 Å². The van der Waals surface area contributed by atoms with Crippen LogP contribution in [0.4, 0.5) is 4.39 Å². The van der Waals surface area contributed by atoms with Crippen LogP contribution in [0.5, 0.6) is 0 Å². The average molecular weight is 420 g/mol. The van der Waals surface area contributed by atoms with Crippen molar-refractivity contribution in [2.45, 2.75) is 0 Å². The molecule has 148 valence electrons. The molecule has 3 aromatic carbocycles. The van der Waals surface area contributed by atoms with E-state index in [1.807, 2.05) is 0 Å². The second-order valence-corrected chi connectivity index (χ2v) is 6.84. The van der Waals surface area contributed by atoms with Crippen LogP contribution in [0.2, 0.25) is 5.02 Å². The zero-order chi connectivity index (χ0) is 21.1. The van der Waals surface area contributed by atoms with Gasteiger partial charge >= 0.3 is 0 Å². The van der Waals surface area contributed by atoms with Crippen molar-refractivity contribution in [1.82, 2.24) is 9.66 Å². The van der Waals surface area contributed by atoms with Crippen molar-refractivity contribution < 1.29 is 9.18 Å². The maximum Gasteiger partial charge on any atom is 0.280 e. The molecule has 5 nitrogen and oxygen atoms in total. The fourth-order valence-corrected chi connectivity index (χ4v) is 3.15. The topological polar surface area (TPSA) is 64.0 Å². The lowest BCUT2D eigenvalue weighted by Crippen LogP contribution is -2.34. The largest absolute Gasteiger partial charge is 0.280 e. The van der Waals surface area contributed by atoms with Crippen molar-refractivity contribution in [2.24, 2.45) is 0 Å². The monoisotopic (exact) mass is 419 g/mol. The quantitative estimate of drug-likeness (QED) is 0.490. The molecule has 4 aromatic rings. The summed E-state index contributed by atoms with van der Waals surface area (Å²) in [5.74, 6) is -0.768. The van der Waals surface area contributed by atoms with E-state index in [4.69, 9.17) is 11.6 Å². The van der Waals surface area contributed by atoms with Gasteiger partial charge in [-0.25, -0.2) is 9.37 Å². The fraction of sp³-hybridized carbons (Fsp3) is 0. The Hall–Kier alpha value is -3.77. The number of para-hydroxylation sites is 1. The van der Waals surface area contributed by atoms with Crippen molar-refractivity contribution in [3.8, 4) is 11.4 Å². The first-order chi connectivity index (χ1) is 14.5. The van der Waals surface area contributed by atoms with Gasteiger partial charge in [0.2, 0.25) is 0 Å². The van der Waals surface area contributed by atoms with Gasteiger partial charge in [-0.3, -0.25) is 15.0 Å². The highest BCUT2D eigenvalue weighted by atomic mass is 35.5. The third-order valence-electron chi connectivity index (χ3n) is 4.42. The second-order valence-electron chi connectivity index (χ2n) is 6.43. The molecule has 0 radical (unpaired) electrons. The van der Waals surface area contributed by atoms with Gasteiger partial charge in [-0.2, -0.15) is 4.68 Å². The van der Waals surface area contributed by atoms with Crippen LogP contribution in [-0.4, -0.2) is 15.6 Å². The average Bonchev–Trinajstić information content (AvgIpc) is 2.76. The molecule has 1 N–H and O–H groups in total. The van der Waals surface area contributed by atoms with Crippen LogP contribution in [0.25, 0.3) is 28.4 Å². The van der Waals surface area contributed by atoms with Crippen LogP contribution in [0.1, 0.15) is 5.56 Å². The van der Waals surface area contributed by atoms with Gasteiger partial charge in [-0.1, -0.05) is 41.9 Å². The molecule has 0 aliphatic heterocycles. The molecule has 0 aliphatic carbocycles. The Morgan fingerprint density at radius 3 is 2.47 bits per heavy atom. The van der Waals surface area contributed by atoms with Crippen LogP contribution < -0.4 is 11.0 Å². The Balaban J connectivity index is 1.77. The lowest BCUT2D eigenvalue weighted by molar-refractivity contribution is -0.112. The highest BCUT2D eigenvalue weighted by Gasteiger charge is 2.14. The number of benzene rings is 3. The van der Waals surface area contributed by atoms with Crippen LogP contribution in [-0.2, 0) is 4.79 Å². The van der Waals surface area contributed by atoms with Crippen LogP contribution in [0.3, 0.4) is 0 Å². The van der Waals surface area contributed by atoms with E-state index in [1.165, 1.54) is 30.3 Å². The first-order valence-electron chi connectivity index (χ1n) is 9.04. The van der Waals surface area contributed by atoms with Crippen LogP contribution >= 0.6 is 11.6 Å². The summed E-state index contributed by atoms with van der Waals surface area (Å²) in [7, 11) is 0. The van der Waals surface area contributed by atoms with E-state index in [-0.39, 0.29) is 5.82 Å². The first-order valence-corrected chi connectivity index (χ1v) is 9.42. The standard InChI is InChI=1S/C23H15ClFN3O2/c24-19-7-3-1-5-15(19)11-14-21(29)27-28-22(16-9-12-17(25)13-10-16)26-20-8-4-2-6-18(20)23(28)30/h1-14H,(H,27,29). The summed E-state index contributed by atoms with van der Waals surface area (Å²) in [6.45, 7) is 0. The Bertz CT molecular complexity index is 1330. The number of fused-ring (bicyclic) bond motifs is 1. The fourth-order valence-electron chi connectivity index (χ4n) is 2.95. The zero-order valence-electron chi connectivity index (χ0n) is 15.5. The van der Waals surface area contributed by atoms with E-state index >= 15 is 0 Å². The molecule has 7 heteroatoms. The predicted molar refractivity (Wildman–Crippen MR) is 116 cm³/mol. The molecule has 1 aromatic heterocycles. The van der Waals surface area contributed by atoms with Gasteiger partial charge in [-0.05, 0) is 54.1 Å². The molecule has 0 saturated heterocycles. The van der Waals surface area contributed by atoms with E-state index in [0.29, 0.717) is 27.1 Å². The molecule has 0 bridgehead atoms. The minimum absolute atomic E-state index is 0.193. The zero-order valence-corrected chi connectivity index (χ0v) is 16.3. The SMILES string of the molecule is O=C(C=Cc1ccccc1Cl)Nn1c(-c2ccc(F)cc2)nc2ccccc2c1=O. The maximum absolute atomic E-state index is 13.4. The second kappa shape index (κ2) is 8.31. The highest BCUT2D eigenvalue weighted by molar-refractivity contribution is 6.32. The van der Waals surface area contributed by atoms with Gasteiger partial charge < -0.3 is 0 Å². The molecule has 0 unspecified atom stereocenters. The van der Waals surface area contributed by atoms with Gasteiger partial charge in [-0.15, -0.1) is 0 Å². The minimum atomic E-state index is -0.544. The summed E-state index contributed by atoms with van der Waals surface area (Å²) in [5, 5.41) is 0.844. The van der Waals surface area contributed by atoms with E-state index < -0.39 is 17.3 Å². The van der Waals surface area contributed by atoms with Gasteiger partial charge in [0.25, 0.3) is 11.5 Å². The predicted octanol–water partition coefficient (Wildman–Crippen LogP) is 4.64. The lowest BCUT2D eigenvalue weighted by atomic mass is 10.2. The molecule has 1 amide bonds. The highest BCUT2D eigenvalue weighted by Crippen LogP contribution is 2.19. The lowest BCUT2D eigenvalue weighted by Gasteiger charge is -2.13. The summed E-state index contributed by atoms with van der Waals surface area (Å²) >= 11 is 6.10. The number of hydrogen-bond donors (Lipinski definition) is 1. The number of rotatable bonds is 4. The number of carbonyl (C=O) groups excluding carboxylic acids is 1. The van der Waals surface area contributed by atoms with E-state index in [1.54, 1.807) is 54.6 Å². The molecular weight excluding hydrogens is 405 g/mol. The third kappa shape index (κ3) is 3.99. The van der Waals surface area contributed by atoms with Crippen molar-refractivity contribution >= 4 is 34.5 Å². The number of carbonyl (C=O) groups is 1. The molecular formula is C23H15ClFN3O2. The summed E-state index contributed by atoms with van der Waals surface area (Å²) in [6.07, 6.45) is 2.83. The molecule has 4 rings (SSSR count). The number of nitrogens with one attached hydrogen (secondary N) is 1. The molecule has 30 heavy (non-hydrogen) atoms. The van der Waals surface area contributed by atoms with Crippen molar-refractivity contribution in [3.63, 3.8) is 0 Å². The normalized spacial score (nSPS) is 11.1. The van der Waals surface area contributed by atoms with E-state index in [9.17, 15) is 14.0 Å². The first kappa shape index (κ1) is 19.5. The molecule has 0 atom stereocenters. The van der Waals surface area contributed by atoms with Crippen LogP contribution in [0.15, 0.2) is 83.7 Å². The van der Waals surface area contributed by atoms with Gasteiger partial charge in [0.15, 0.2) is 5.82 Å². The molecule has 0 aliphatic rings. The number of hydrogen-bond acceptors (Lipinski definition) is 3. The smallest absolute Gasteiger partial charge is 0.268 e. The Kier molecular flexibility index (Phi) is 5.41. The number of amides is 1. The van der Waals surface area contributed by atoms with Crippen molar-refractivity contribution in [2.75, 3.05) is 5.43 Å². The molecule has 1 heterocycles. The van der Waals surface area contributed by atoms with Gasteiger partial charge in [0.1, 0.15) is 5.82 Å². The Labute approximate surface area is 176 Å². The molecule has 0 saturated carbocycles. The van der Waals surface area contributed by atoms with Gasteiger partial charge in [0, 0.05) is 16.7 Å². The third-order valence-corrected chi connectivity index (χ3v) is 4.76. The van der Waals surface area contributed by atoms with E-state index in [2.05, 4.69) is 10.4 Å². The number of aromatic nitrogens is 2. The van der Waals surface area contributed by atoms with E-state index in [0.717, 1.165) is 4.68 Å².